The zero-order valence-corrected chi connectivity index (χ0v) is 14.0. The van der Waals surface area contributed by atoms with Crippen molar-refractivity contribution in [2.75, 3.05) is 31.5 Å². The molecule has 122 valence electrons. The first kappa shape index (κ1) is 16.8. The number of rotatable bonds is 6. The van der Waals surface area contributed by atoms with Crippen LogP contribution in [0.3, 0.4) is 0 Å². The fourth-order valence-electron chi connectivity index (χ4n) is 3.07. The van der Waals surface area contributed by atoms with Crippen LogP contribution in [-0.4, -0.2) is 37.1 Å². The monoisotopic (exact) mass is 303 g/mol. The van der Waals surface area contributed by atoms with E-state index in [4.69, 9.17) is 0 Å². The van der Waals surface area contributed by atoms with Gasteiger partial charge in [0.25, 0.3) is 0 Å². The maximum absolute atomic E-state index is 12.1. The molecule has 0 spiro atoms. The smallest absolute Gasteiger partial charge is 0.319 e. The van der Waals surface area contributed by atoms with Gasteiger partial charge in [0, 0.05) is 18.8 Å². The van der Waals surface area contributed by atoms with E-state index >= 15 is 0 Å². The van der Waals surface area contributed by atoms with Crippen LogP contribution >= 0.6 is 0 Å². The summed E-state index contributed by atoms with van der Waals surface area (Å²) in [4.78, 5) is 14.6. The molecule has 1 aliphatic heterocycles. The summed E-state index contributed by atoms with van der Waals surface area (Å²) in [6.45, 7) is 8.23. The summed E-state index contributed by atoms with van der Waals surface area (Å²) in [5, 5.41) is 6.04. The Morgan fingerprint density at radius 3 is 2.32 bits per heavy atom. The largest absolute Gasteiger partial charge is 0.337 e. The molecule has 0 atom stereocenters. The molecule has 2 amide bonds. The summed E-state index contributed by atoms with van der Waals surface area (Å²) in [6.07, 6.45) is 5.78. The SMILES string of the molecule is CCc1cccc(CC)c1NC(=O)NCCN1CCCCC1. The van der Waals surface area contributed by atoms with Gasteiger partial charge >= 0.3 is 6.03 Å². The molecule has 0 radical (unpaired) electrons. The number of nitrogens with zero attached hydrogens (tertiary/aromatic N) is 1. The fraction of sp³-hybridized carbons (Fsp3) is 0.611. The molecule has 1 aromatic rings. The molecule has 0 aliphatic carbocycles. The number of anilines is 1. The van der Waals surface area contributed by atoms with Crippen molar-refractivity contribution in [1.82, 2.24) is 10.2 Å². The highest BCUT2D eigenvalue weighted by Crippen LogP contribution is 2.22. The average molecular weight is 303 g/mol. The lowest BCUT2D eigenvalue weighted by Gasteiger charge is -2.26. The number of amides is 2. The normalized spacial score (nSPS) is 15.5. The van der Waals surface area contributed by atoms with Crippen LogP contribution in [0.5, 0.6) is 0 Å². The van der Waals surface area contributed by atoms with Crippen LogP contribution in [0.2, 0.25) is 0 Å². The van der Waals surface area contributed by atoms with E-state index in [0.717, 1.165) is 25.1 Å². The predicted molar refractivity (Wildman–Crippen MR) is 92.5 cm³/mol. The minimum atomic E-state index is -0.0902. The lowest BCUT2D eigenvalue weighted by Crippen LogP contribution is -2.39. The Morgan fingerprint density at radius 2 is 1.73 bits per heavy atom. The topological polar surface area (TPSA) is 44.4 Å². The van der Waals surface area contributed by atoms with Crippen molar-refractivity contribution in [3.05, 3.63) is 29.3 Å². The number of para-hydroxylation sites is 1. The summed E-state index contributed by atoms with van der Waals surface area (Å²) in [6, 6.07) is 6.15. The Kier molecular flexibility index (Phi) is 6.72. The van der Waals surface area contributed by atoms with Crippen LogP contribution in [0.1, 0.15) is 44.2 Å². The predicted octanol–water partition coefficient (Wildman–Crippen LogP) is 3.42. The summed E-state index contributed by atoms with van der Waals surface area (Å²) in [5.41, 5.74) is 3.39. The van der Waals surface area contributed by atoms with Crippen molar-refractivity contribution < 1.29 is 4.79 Å². The number of piperidine rings is 1. The molecular formula is C18H29N3O. The van der Waals surface area contributed by atoms with Gasteiger partial charge in [-0.25, -0.2) is 4.79 Å². The molecule has 0 bridgehead atoms. The molecule has 4 nitrogen and oxygen atoms in total. The summed E-state index contributed by atoms with van der Waals surface area (Å²) in [5.74, 6) is 0. The maximum Gasteiger partial charge on any atom is 0.319 e. The van der Waals surface area contributed by atoms with Crippen LogP contribution in [-0.2, 0) is 12.8 Å². The highest BCUT2D eigenvalue weighted by molar-refractivity contribution is 5.91. The molecule has 2 rings (SSSR count). The van der Waals surface area contributed by atoms with Gasteiger partial charge in [-0.3, -0.25) is 0 Å². The third-order valence-electron chi connectivity index (χ3n) is 4.40. The molecular weight excluding hydrogens is 274 g/mol. The molecule has 0 unspecified atom stereocenters. The summed E-state index contributed by atoms with van der Waals surface area (Å²) >= 11 is 0. The minimum absolute atomic E-state index is 0.0902. The first-order valence-corrected chi connectivity index (χ1v) is 8.62. The van der Waals surface area contributed by atoms with Crippen LogP contribution in [0, 0.1) is 0 Å². The van der Waals surface area contributed by atoms with Crippen molar-refractivity contribution in [2.45, 2.75) is 46.0 Å². The lowest BCUT2D eigenvalue weighted by atomic mass is 10.0. The lowest BCUT2D eigenvalue weighted by molar-refractivity contribution is 0.224. The zero-order valence-electron chi connectivity index (χ0n) is 14.0. The fourth-order valence-corrected chi connectivity index (χ4v) is 3.07. The molecule has 1 heterocycles. The number of nitrogens with one attached hydrogen (secondary N) is 2. The Morgan fingerprint density at radius 1 is 1.09 bits per heavy atom. The second-order valence-corrected chi connectivity index (χ2v) is 5.94. The van der Waals surface area contributed by atoms with Crippen LogP contribution in [0.15, 0.2) is 18.2 Å². The Labute approximate surface area is 134 Å². The second kappa shape index (κ2) is 8.79. The molecule has 0 saturated carbocycles. The molecule has 1 saturated heterocycles. The number of urea groups is 1. The summed E-state index contributed by atoms with van der Waals surface area (Å²) < 4.78 is 0. The number of hydrogen-bond donors (Lipinski definition) is 2. The highest BCUT2D eigenvalue weighted by atomic mass is 16.2. The third-order valence-corrected chi connectivity index (χ3v) is 4.40. The molecule has 1 aromatic carbocycles. The first-order chi connectivity index (χ1) is 10.7. The number of likely N-dealkylation sites (tertiary alicyclic amines) is 1. The van der Waals surface area contributed by atoms with E-state index in [1.165, 1.54) is 43.5 Å². The first-order valence-electron chi connectivity index (χ1n) is 8.62. The van der Waals surface area contributed by atoms with Crippen molar-refractivity contribution >= 4 is 11.7 Å². The number of benzene rings is 1. The van der Waals surface area contributed by atoms with Gasteiger partial charge in [0.15, 0.2) is 0 Å². The van der Waals surface area contributed by atoms with Gasteiger partial charge < -0.3 is 15.5 Å². The van der Waals surface area contributed by atoms with Crippen LogP contribution in [0.4, 0.5) is 10.5 Å². The van der Waals surface area contributed by atoms with Gasteiger partial charge in [-0.05, 0) is 49.9 Å². The number of hydrogen-bond acceptors (Lipinski definition) is 2. The van der Waals surface area contributed by atoms with E-state index in [1.807, 2.05) is 0 Å². The van der Waals surface area contributed by atoms with Crippen molar-refractivity contribution in [1.29, 1.82) is 0 Å². The average Bonchev–Trinajstić information content (AvgIpc) is 2.56. The van der Waals surface area contributed by atoms with Gasteiger partial charge in [0.05, 0.1) is 0 Å². The molecule has 0 aromatic heterocycles. The summed E-state index contributed by atoms with van der Waals surface area (Å²) in [7, 11) is 0. The van der Waals surface area contributed by atoms with E-state index in [2.05, 4.69) is 47.6 Å². The highest BCUT2D eigenvalue weighted by Gasteiger charge is 2.12. The maximum atomic E-state index is 12.1. The Balaban J connectivity index is 1.83. The van der Waals surface area contributed by atoms with Gasteiger partial charge in [-0.1, -0.05) is 38.5 Å². The Hall–Kier alpha value is -1.55. The standard InChI is InChI=1S/C18H29N3O/c1-3-15-9-8-10-16(4-2)17(15)20-18(22)19-11-14-21-12-6-5-7-13-21/h8-10H,3-7,11-14H2,1-2H3,(H2,19,20,22). The van der Waals surface area contributed by atoms with Gasteiger partial charge in [0.1, 0.15) is 0 Å². The van der Waals surface area contributed by atoms with E-state index in [9.17, 15) is 4.79 Å². The quantitative estimate of drug-likeness (QED) is 0.846. The molecule has 4 heteroatoms. The van der Waals surface area contributed by atoms with E-state index in [-0.39, 0.29) is 6.03 Å². The minimum Gasteiger partial charge on any atom is -0.337 e. The van der Waals surface area contributed by atoms with Crippen LogP contribution in [0.25, 0.3) is 0 Å². The number of aryl methyl sites for hydroxylation is 2. The molecule has 22 heavy (non-hydrogen) atoms. The zero-order chi connectivity index (χ0) is 15.8. The third kappa shape index (κ3) is 4.73. The Bertz CT molecular complexity index is 459. The molecule has 1 fully saturated rings. The number of carbonyl (C=O) groups excluding carboxylic acids is 1. The van der Waals surface area contributed by atoms with E-state index < -0.39 is 0 Å². The van der Waals surface area contributed by atoms with E-state index in [0.29, 0.717) is 6.54 Å². The molecule has 2 N–H and O–H groups in total. The van der Waals surface area contributed by atoms with Crippen LogP contribution < -0.4 is 10.6 Å². The van der Waals surface area contributed by atoms with E-state index in [1.54, 1.807) is 0 Å². The van der Waals surface area contributed by atoms with Crippen molar-refractivity contribution in [2.24, 2.45) is 0 Å². The van der Waals surface area contributed by atoms with Crippen molar-refractivity contribution in [3.8, 4) is 0 Å². The van der Waals surface area contributed by atoms with Crippen molar-refractivity contribution in [3.63, 3.8) is 0 Å². The molecule has 1 aliphatic rings. The van der Waals surface area contributed by atoms with Gasteiger partial charge in [-0.15, -0.1) is 0 Å². The number of carbonyl (C=O) groups is 1. The second-order valence-electron chi connectivity index (χ2n) is 5.94. The van der Waals surface area contributed by atoms with Gasteiger partial charge in [0.2, 0.25) is 0 Å². The van der Waals surface area contributed by atoms with Gasteiger partial charge in [-0.2, -0.15) is 0 Å².